The minimum atomic E-state index is -1.22. The number of pyridine rings is 1. The molecule has 7 atom stereocenters. The number of nitrogen functional groups attached to an aromatic ring is 1. The van der Waals surface area contributed by atoms with E-state index in [1.807, 2.05) is 31.1 Å². The molecule has 1 saturated carbocycles. The Hall–Kier alpha value is -2.55. The van der Waals surface area contributed by atoms with Crippen LogP contribution in [0, 0.1) is 11.3 Å². The van der Waals surface area contributed by atoms with Gasteiger partial charge in [-0.05, 0) is 91.9 Å². The van der Waals surface area contributed by atoms with Gasteiger partial charge < -0.3 is 31.1 Å². The summed E-state index contributed by atoms with van der Waals surface area (Å²) in [5, 5.41) is 47.2. The molecule has 0 amide bonds. The van der Waals surface area contributed by atoms with Crippen molar-refractivity contribution < 1.29 is 20.4 Å². The molecule has 4 aliphatic rings. The fraction of sp³-hybridized carbons (Fsp3) is 0.500. The van der Waals surface area contributed by atoms with E-state index in [0.29, 0.717) is 37.1 Å². The maximum absolute atomic E-state index is 11.8. The van der Waals surface area contributed by atoms with E-state index >= 15 is 0 Å². The molecular formula is C30H37N3O4. The van der Waals surface area contributed by atoms with Crippen molar-refractivity contribution in [2.24, 2.45) is 11.3 Å². The normalized spacial score (nSPS) is 37.6. The third-order valence-electron chi connectivity index (χ3n) is 9.67. The monoisotopic (exact) mass is 503 g/mol. The summed E-state index contributed by atoms with van der Waals surface area (Å²) in [7, 11) is 3.72. The summed E-state index contributed by atoms with van der Waals surface area (Å²) >= 11 is 0. The summed E-state index contributed by atoms with van der Waals surface area (Å²) in [6, 6.07) is 7.91. The number of likely N-dealkylation sites (N-methyl/N-ethyl adjacent to an activating group) is 1. The Balaban J connectivity index is 1.37. The first kappa shape index (κ1) is 24.8. The first-order chi connectivity index (χ1) is 17.5. The molecule has 1 heterocycles. The average molecular weight is 504 g/mol. The Morgan fingerprint density at radius 2 is 1.86 bits per heavy atom. The average Bonchev–Trinajstić information content (AvgIpc) is 3.09. The SMILES string of the molecule is CN(C)C1CC2(O)CCC3=C(C=C2C(O)C1O)C(O)CC1(C)C(c2ccc4cnc(N)cc4c2)=CCC31. The minimum absolute atomic E-state index is 0.200. The molecule has 0 saturated heterocycles. The predicted molar refractivity (Wildman–Crippen MR) is 144 cm³/mol. The molecule has 7 nitrogen and oxygen atoms in total. The predicted octanol–water partition coefficient (Wildman–Crippen LogP) is 2.79. The van der Waals surface area contributed by atoms with Gasteiger partial charge >= 0.3 is 0 Å². The molecule has 7 heteroatoms. The largest absolute Gasteiger partial charge is 0.388 e. The second kappa shape index (κ2) is 8.48. The minimum Gasteiger partial charge on any atom is -0.388 e. The molecule has 0 aliphatic heterocycles. The number of aromatic nitrogens is 1. The lowest BCUT2D eigenvalue weighted by atomic mass is 9.61. The Kier molecular flexibility index (Phi) is 5.68. The van der Waals surface area contributed by atoms with Crippen molar-refractivity contribution in [3.05, 3.63) is 64.9 Å². The highest BCUT2D eigenvalue weighted by Crippen LogP contribution is 2.60. The Labute approximate surface area is 217 Å². The number of rotatable bonds is 2. The number of hydrogen-bond donors (Lipinski definition) is 5. The molecule has 6 N–H and O–H groups in total. The van der Waals surface area contributed by atoms with Crippen molar-refractivity contribution in [1.82, 2.24) is 9.88 Å². The lowest BCUT2D eigenvalue weighted by Crippen LogP contribution is -2.58. The van der Waals surface area contributed by atoms with Gasteiger partial charge in [-0.2, -0.15) is 0 Å². The third-order valence-corrected chi connectivity index (χ3v) is 9.67. The van der Waals surface area contributed by atoms with Gasteiger partial charge in [-0.15, -0.1) is 0 Å². The highest BCUT2D eigenvalue weighted by molar-refractivity contribution is 5.88. The van der Waals surface area contributed by atoms with Crippen LogP contribution in [0.4, 0.5) is 5.82 Å². The Bertz CT molecular complexity index is 1360. The van der Waals surface area contributed by atoms with Gasteiger partial charge in [0.15, 0.2) is 0 Å². The van der Waals surface area contributed by atoms with Crippen LogP contribution in [0.15, 0.2) is 59.3 Å². The lowest BCUT2D eigenvalue weighted by molar-refractivity contribution is -0.0922. The van der Waals surface area contributed by atoms with Crippen LogP contribution in [-0.2, 0) is 0 Å². The summed E-state index contributed by atoms with van der Waals surface area (Å²) in [5.74, 6) is 0.693. The maximum Gasteiger partial charge on any atom is 0.123 e. The number of nitrogens with zero attached hydrogens (tertiary/aromatic N) is 2. The van der Waals surface area contributed by atoms with Crippen molar-refractivity contribution in [3.63, 3.8) is 0 Å². The molecule has 4 aliphatic carbocycles. The topological polar surface area (TPSA) is 123 Å². The van der Waals surface area contributed by atoms with Gasteiger partial charge in [-0.25, -0.2) is 4.98 Å². The fourth-order valence-electron chi connectivity index (χ4n) is 7.62. The van der Waals surface area contributed by atoms with Crippen molar-refractivity contribution in [2.75, 3.05) is 19.8 Å². The van der Waals surface area contributed by atoms with Gasteiger partial charge in [0.1, 0.15) is 11.9 Å². The maximum atomic E-state index is 11.8. The van der Waals surface area contributed by atoms with Gasteiger partial charge in [0.25, 0.3) is 0 Å². The quantitative estimate of drug-likeness (QED) is 0.427. The molecule has 2 aromatic rings. The van der Waals surface area contributed by atoms with Gasteiger partial charge in [0.05, 0.1) is 17.8 Å². The van der Waals surface area contributed by atoms with E-state index < -0.39 is 23.9 Å². The number of nitrogens with two attached hydrogens (primary N) is 1. The Morgan fingerprint density at radius 1 is 1.08 bits per heavy atom. The number of benzene rings is 1. The second-order valence-corrected chi connectivity index (χ2v) is 12.0. The third kappa shape index (κ3) is 3.71. The fourth-order valence-corrected chi connectivity index (χ4v) is 7.62. The summed E-state index contributed by atoms with van der Waals surface area (Å²) in [4.78, 5) is 6.07. The van der Waals surface area contributed by atoms with Crippen LogP contribution < -0.4 is 5.73 Å². The molecule has 1 aromatic heterocycles. The summed E-state index contributed by atoms with van der Waals surface area (Å²) in [6.07, 6.45) is 5.90. The Morgan fingerprint density at radius 3 is 2.62 bits per heavy atom. The van der Waals surface area contributed by atoms with E-state index in [1.165, 1.54) is 11.1 Å². The summed E-state index contributed by atoms with van der Waals surface area (Å²) < 4.78 is 0. The van der Waals surface area contributed by atoms with Crippen molar-refractivity contribution in [1.29, 1.82) is 0 Å². The molecular weight excluding hydrogens is 466 g/mol. The van der Waals surface area contributed by atoms with Crippen LogP contribution in [0.3, 0.4) is 0 Å². The van der Waals surface area contributed by atoms with Crippen LogP contribution >= 0.6 is 0 Å². The molecule has 196 valence electrons. The lowest BCUT2D eigenvalue weighted by Gasteiger charge is -2.46. The molecule has 0 bridgehead atoms. The number of aliphatic hydroxyl groups is 4. The molecule has 7 unspecified atom stereocenters. The highest BCUT2D eigenvalue weighted by Gasteiger charge is 2.53. The number of aliphatic hydroxyl groups excluding tert-OH is 3. The molecule has 6 rings (SSSR count). The number of anilines is 1. The second-order valence-electron chi connectivity index (χ2n) is 12.0. The molecule has 37 heavy (non-hydrogen) atoms. The summed E-state index contributed by atoms with van der Waals surface area (Å²) in [5.41, 5.74) is 9.25. The van der Waals surface area contributed by atoms with Crippen LogP contribution in [-0.4, -0.2) is 74.4 Å². The van der Waals surface area contributed by atoms with Crippen LogP contribution in [0.5, 0.6) is 0 Å². The molecule has 0 spiro atoms. The number of fused-ring (bicyclic) bond motifs is 4. The number of allylic oxidation sites excluding steroid dienone is 3. The highest BCUT2D eigenvalue weighted by atomic mass is 16.3. The smallest absolute Gasteiger partial charge is 0.123 e. The van der Waals surface area contributed by atoms with Gasteiger partial charge in [-0.1, -0.05) is 36.8 Å². The molecule has 1 fully saturated rings. The van der Waals surface area contributed by atoms with E-state index in [0.717, 1.165) is 28.3 Å². The summed E-state index contributed by atoms with van der Waals surface area (Å²) in [6.45, 7) is 2.25. The van der Waals surface area contributed by atoms with Crippen molar-refractivity contribution in [3.8, 4) is 0 Å². The van der Waals surface area contributed by atoms with E-state index in [4.69, 9.17) is 5.73 Å². The van der Waals surface area contributed by atoms with E-state index in [9.17, 15) is 20.4 Å². The molecule has 0 radical (unpaired) electrons. The first-order valence-corrected chi connectivity index (χ1v) is 13.3. The van der Waals surface area contributed by atoms with E-state index in [2.05, 4.69) is 36.2 Å². The van der Waals surface area contributed by atoms with Gasteiger partial charge in [0.2, 0.25) is 0 Å². The van der Waals surface area contributed by atoms with Crippen LogP contribution in [0.2, 0.25) is 0 Å². The van der Waals surface area contributed by atoms with E-state index in [1.54, 1.807) is 6.20 Å². The van der Waals surface area contributed by atoms with Crippen LogP contribution in [0.25, 0.3) is 16.3 Å². The standard InChI is InChI=1S/C30H37N3O4/c1-29-14-25(34)20-12-23-27(35)28(36)24(33(2)3)13-30(23,37)9-8-19(20)22(29)7-6-21(29)16-4-5-17-15-32-26(31)11-18(17)10-16/h4-6,10-12,15,22,24-25,27-28,34-37H,7-9,13-14H2,1-3H3,(H2,31,32). The van der Waals surface area contributed by atoms with Gasteiger partial charge in [0, 0.05) is 23.0 Å². The first-order valence-electron chi connectivity index (χ1n) is 13.3. The van der Waals surface area contributed by atoms with E-state index in [-0.39, 0.29) is 17.4 Å². The van der Waals surface area contributed by atoms with Crippen molar-refractivity contribution in [2.45, 2.75) is 69.0 Å². The zero-order valence-corrected chi connectivity index (χ0v) is 21.7. The molecule has 1 aromatic carbocycles. The van der Waals surface area contributed by atoms with Crippen LogP contribution in [0.1, 0.15) is 44.6 Å². The zero-order chi connectivity index (χ0) is 26.3. The zero-order valence-electron chi connectivity index (χ0n) is 21.7. The van der Waals surface area contributed by atoms with Crippen molar-refractivity contribution >= 4 is 22.2 Å². The van der Waals surface area contributed by atoms with Gasteiger partial charge in [-0.3, -0.25) is 0 Å². The number of hydrogen-bond acceptors (Lipinski definition) is 7.